The number of aromatic nitrogens is 1. The van der Waals surface area contributed by atoms with E-state index in [1.807, 2.05) is 39.0 Å². The average Bonchev–Trinajstić information content (AvgIpc) is 3.62. The third-order valence-electron chi connectivity index (χ3n) is 7.52. The van der Waals surface area contributed by atoms with Gasteiger partial charge in [0.15, 0.2) is 12.6 Å². The third kappa shape index (κ3) is 8.36. The van der Waals surface area contributed by atoms with Crippen LogP contribution in [0.15, 0.2) is 72.1 Å². The van der Waals surface area contributed by atoms with Gasteiger partial charge < -0.3 is 29.7 Å². The predicted molar refractivity (Wildman–Crippen MR) is 183 cm³/mol. The number of thiophene rings is 1. The summed E-state index contributed by atoms with van der Waals surface area (Å²) < 4.78 is 16.4. The fourth-order valence-corrected chi connectivity index (χ4v) is 5.87. The number of methoxy groups -OCH3 is 1. The highest BCUT2D eigenvalue weighted by molar-refractivity contribution is 7.12. The van der Waals surface area contributed by atoms with Gasteiger partial charge in [-0.1, -0.05) is 30.3 Å². The van der Waals surface area contributed by atoms with Gasteiger partial charge in [-0.3, -0.25) is 9.59 Å². The largest absolute Gasteiger partial charge is 0.467 e. The van der Waals surface area contributed by atoms with Gasteiger partial charge in [0.2, 0.25) is 0 Å². The van der Waals surface area contributed by atoms with E-state index in [4.69, 9.17) is 19.2 Å². The Morgan fingerprint density at radius 3 is 2.46 bits per heavy atom. The first-order chi connectivity index (χ1) is 23.1. The van der Waals surface area contributed by atoms with Crippen LogP contribution in [0, 0.1) is 11.3 Å². The molecule has 0 radical (unpaired) electrons. The lowest BCUT2D eigenvalue weighted by molar-refractivity contribution is 0.0199. The fourth-order valence-electron chi connectivity index (χ4n) is 5.25. The molecule has 3 heterocycles. The van der Waals surface area contributed by atoms with Gasteiger partial charge in [-0.2, -0.15) is 5.26 Å². The monoisotopic (exact) mass is 667 g/mol. The molecule has 248 valence electrons. The number of amides is 3. The van der Waals surface area contributed by atoms with Crippen LogP contribution in [0.4, 0.5) is 10.6 Å². The number of hydrogen-bond acceptors (Lipinski definition) is 9. The Hall–Kier alpha value is -5.25. The minimum absolute atomic E-state index is 0.0132. The van der Waals surface area contributed by atoms with Crippen molar-refractivity contribution in [3.8, 4) is 34.2 Å². The molecule has 2 N–H and O–H groups in total. The zero-order valence-electron chi connectivity index (χ0n) is 27.2. The van der Waals surface area contributed by atoms with Crippen molar-refractivity contribution in [2.45, 2.75) is 45.3 Å². The lowest BCUT2D eigenvalue weighted by Crippen LogP contribution is -2.47. The molecule has 0 atom stereocenters. The minimum Gasteiger partial charge on any atom is -0.467 e. The molecule has 0 spiro atoms. The number of nitrogens with one attached hydrogen (secondary N) is 2. The van der Waals surface area contributed by atoms with Gasteiger partial charge in [0.25, 0.3) is 11.8 Å². The smallest absolute Gasteiger partial charge is 0.410 e. The van der Waals surface area contributed by atoms with Gasteiger partial charge in [0.1, 0.15) is 23.0 Å². The SMILES string of the molecule is COCOc1ccccc1-c1cc(-c2cccc(C(=O)NC3CCN(C(=O)OC(C)(C)C)CC3)c2)c(C#N)c(NC(=O)c2cccs2)n1. The number of carbonyl (C=O) groups excluding carboxylic acids is 3. The predicted octanol–water partition coefficient (Wildman–Crippen LogP) is 6.71. The molecule has 1 aliphatic rings. The van der Waals surface area contributed by atoms with Crippen molar-refractivity contribution in [3.05, 3.63) is 88.1 Å². The van der Waals surface area contributed by atoms with E-state index in [9.17, 15) is 19.6 Å². The Balaban J connectivity index is 1.44. The van der Waals surface area contributed by atoms with Gasteiger partial charge in [-0.25, -0.2) is 9.78 Å². The molecule has 2 aromatic heterocycles. The lowest BCUT2D eigenvalue weighted by atomic mass is 9.96. The van der Waals surface area contributed by atoms with Gasteiger partial charge in [-0.05, 0) is 81.0 Å². The first-order valence-corrected chi connectivity index (χ1v) is 16.3. The van der Waals surface area contributed by atoms with E-state index in [0.29, 0.717) is 64.5 Å². The Morgan fingerprint density at radius 1 is 1.00 bits per heavy atom. The van der Waals surface area contributed by atoms with Crippen molar-refractivity contribution in [2.24, 2.45) is 0 Å². The number of nitrogens with zero attached hydrogens (tertiary/aromatic N) is 3. The summed E-state index contributed by atoms with van der Waals surface area (Å²) in [7, 11) is 1.52. The minimum atomic E-state index is -0.578. The quantitative estimate of drug-likeness (QED) is 0.188. The number of carbonyl (C=O) groups is 3. The molecule has 1 saturated heterocycles. The summed E-state index contributed by atoms with van der Waals surface area (Å²) >= 11 is 1.27. The molecule has 4 aromatic rings. The Labute approximate surface area is 283 Å². The number of anilines is 1. The number of ether oxygens (including phenoxy) is 3. The zero-order valence-corrected chi connectivity index (χ0v) is 28.1. The molecule has 2 aromatic carbocycles. The van der Waals surface area contributed by atoms with Crippen LogP contribution < -0.4 is 15.4 Å². The number of likely N-dealkylation sites (tertiary alicyclic amines) is 1. The van der Waals surface area contributed by atoms with Crippen LogP contribution >= 0.6 is 11.3 Å². The lowest BCUT2D eigenvalue weighted by Gasteiger charge is -2.33. The number of nitriles is 1. The van der Waals surface area contributed by atoms with E-state index in [0.717, 1.165) is 0 Å². The first kappa shape index (κ1) is 34.1. The molecule has 48 heavy (non-hydrogen) atoms. The summed E-state index contributed by atoms with van der Waals surface area (Å²) in [5.74, 6) is -0.0859. The summed E-state index contributed by atoms with van der Waals surface area (Å²) in [4.78, 5) is 45.9. The van der Waals surface area contributed by atoms with Crippen LogP contribution in [0.3, 0.4) is 0 Å². The maximum absolute atomic E-state index is 13.5. The average molecular weight is 668 g/mol. The van der Waals surface area contributed by atoms with Crippen LogP contribution in [0.25, 0.3) is 22.4 Å². The fraction of sp³-hybridized carbons (Fsp3) is 0.306. The van der Waals surface area contributed by atoms with E-state index >= 15 is 0 Å². The molecular formula is C36H37N5O6S. The topological polar surface area (TPSA) is 143 Å². The summed E-state index contributed by atoms with van der Waals surface area (Å²) in [5.41, 5.74) is 2.10. The molecule has 1 aliphatic heterocycles. The van der Waals surface area contributed by atoms with Crippen LogP contribution in [-0.2, 0) is 9.47 Å². The first-order valence-electron chi connectivity index (χ1n) is 15.5. The van der Waals surface area contributed by atoms with Crippen molar-refractivity contribution in [3.63, 3.8) is 0 Å². The number of rotatable bonds is 9. The second-order valence-corrected chi connectivity index (χ2v) is 13.1. The molecule has 5 rings (SSSR count). The highest BCUT2D eigenvalue weighted by Crippen LogP contribution is 2.36. The number of pyridine rings is 1. The van der Waals surface area contributed by atoms with E-state index in [1.54, 1.807) is 58.8 Å². The standard InChI is InChI=1S/C36H37N5O6S/c1-36(2,3)47-35(44)41-16-14-25(15-17-41)38-33(42)24-10-7-9-23(19-24)27-20-29(26-11-5-6-12-30(26)46-22-45-4)39-32(28(27)21-37)40-34(43)31-13-8-18-48-31/h5-13,18-20,25H,14-17,22H2,1-4H3,(H,38,42)(H,39,40,43). The Kier molecular flexibility index (Phi) is 10.7. The van der Waals surface area contributed by atoms with E-state index < -0.39 is 11.5 Å². The summed E-state index contributed by atoms with van der Waals surface area (Å²) in [5, 5.41) is 18.1. The van der Waals surface area contributed by atoms with E-state index in [1.165, 1.54) is 18.4 Å². The van der Waals surface area contributed by atoms with Crippen LogP contribution in [0.1, 0.15) is 59.2 Å². The van der Waals surface area contributed by atoms with Gasteiger partial charge >= 0.3 is 6.09 Å². The second kappa shape index (κ2) is 15.1. The Bertz CT molecular complexity index is 1820. The number of benzene rings is 2. The van der Waals surface area contributed by atoms with Gasteiger partial charge in [-0.15, -0.1) is 11.3 Å². The maximum Gasteiger partial charge on any atom is 0.410 e. The second-order valence-electron chi connectivity index (χ2n) is 12.2. The summed E-state index contributed by atoms with van der Waals surface area (Å²) in [6.45, 7) is 6.45. The highest BCUT2D eigenvalue weighted by atomic mass is 32.1. The maximum atomic E-state index is 13.5. The van der Waals surface area contributed by atoms with Crippen molar-refractivity contribution >= 4 is 35.1 Å². The van der Waals surface area contributed by atoms with Crippen molar-refractivity contribution in [1.82, 2.24) is 15.2 Å². The van der Waals surface area contributed by atoms with Crippen LogP contribution in [-0.4, -0.2) is 66.4 Å². The van der Waals surface area contributed by atoms with E-state index in [2.05, 4.69) is 16.7 Å². The van der Waals surface area contributed by atoms with Crippen molar-refractivity contribution < 1.29 is 28.6 Å². The molecule has 1 fully saturated rings. The molecule has 3 amide bonds. The number of para-hydroxylation sites is 1. The van der Waals surface area contributed by atoms with Crippen LogP contribution in [0.5, 0.6) is 5.75 Å². The summed E-state index contributed by atoms with van der Waals surface area (Å²) in [6, 6.07) is 21.5. The molecule has 0 unspecified atom stereocenters. The third-order valence-corrected chi connectivity index (χ3v) is 8.39. The van der Waals surface area contributed by atoms with Crippen molar-refractivity contribution in [2.75, 3.05) is 32.3 Å². The van der Waals surface area contributed by atoms with Gasteiger partial charge in [0, 0.05) is 42.9 Å². The summed E-state index contributed by atoms with van der Waals surface area (Å²) in [6.07, 6.45) is 0.827. The molecule has 11 nitrogen and oxygen atoms in total. The molecule has 0 aliphatic carbocycles. The molecule has 0 saturated carbocycles. The highest BCUT2D eigenvalue weighted by Gasteiger charge is 2.28. The van der Waals surface area contributed by atoms with Crippen molar-refractivity contribution in [1.29, 1.82) is 5.26 Å². The zero-order chi connectivity index (χ0) is 34.3. The molecular weight excluding hydrogens is 630 g/mol. The Morgan fingerprint density at radius 2 is 1.77 bits per heavy atom. The van der Waals surface area contributed by atoms with Gasteiger partial charge in [0.05, 0.1) is 10.6 Å². The van der Waals surface area contributed by atoms with Crippen LogP contribution in [0.2, 0.25) is 0 Å². The van der Waals surface area contributed by atoms with E-state index in [-0.39, 0.29) is 36.2 Å². The number of hydrogen-bond donors (Lipinski definition) is 2. The molecule has 12 heteroatoms. The number of piperidine rings is 1. The normalized spacial score (nSPS) is 13.4. The molecule has 0 bridgehead atoms.